The van der Waals surface area contributed by atoms with Crippen molar-refractivity contribution < 1.29 is 9.26 Å². The van der Waals surface area contributed by atoms with Crippen LogP contribution in [0.25, 0.3) is 0 Å². The summed E-state index contributed by atoms with van der Waals surface area (Å²) in [4.78, 5) is 4.43. The van der Waals surface area contributed by atoms with E-state index in [-0.39, 0.29) is 6.04 Å². The van der Waals surface area contributed by atoms with Gasteiger partial charge in [0.1, 0.15) is 0 Å². The van der Waals surface area contributed by atoms with Gasteiger partial charge in [0.15, 0.2) is 5.82 Å². The summed E-state index contributed by atoms with van der Waals surface area (Å²) in [6.45, 7) is 6.24. The fourth-order valence-electron chi connectivity index (χ4n) is 3.02. The van der Waals surface area contributed by atoms with Gasteiger partial charge in [-0.15, -0.1) is 0 Å². The second-order valence-electron chi connectivity index (χ2n) is 6.06. The maximum atomic E-state index is 6.03. The zero-order valence-electron chi connectivity index (χ0n) is 13.5. The highest BCUT2D eigenvalue weighted by atomic mass is 35.5. The van der Waals surface area contributed by atoms with Gasteiger partial charge in [-0.05, 0) is 55.9 Å². The quantitative estimate of drug-likeness (QED) is 0.904. The molecule has 0 spiro atoms. The van der Waals surface area contributed by atoms with Gasteiger partial charge in [0, 0.05) is 24.8 Å². The SMILES string of the molecule is Cc1noc(C(NCc2ccc(Cl)cc2C)C2CCOCC2)n1. The summed E-state index contributed by atoms with van der Waals surface area (Å²) in [5.74, 6) is 1.78. The zero-order chi connectivity index (χ0) is 16.2. The zero-order valence-corrected chi connectivity index (χ0v) is 14.3. The molecule has 1 saturated heterocycles. The Morgan fingerprint density at radius 3 is 2.74 bits per heavy atom. The Bertz CT molecular complexity index is 653. The molecule has 0 bridgehead atoms. The van der Waals surface area contributed by atoms with Crippen LogP contribution in [0.3, 0.4) is 0 Å². The average Bonchev–Trinajstić information content (AvgIpc) is 2.97. The first-order valence-electron chi connectivity index (χ1n) is 8.00. The number of nitrogens with one attached hydrogen (secondary N) is 1. The van der Waals surface area contributed by atoms with Gasteiger partial charge in [-0.3, -0.25) is 0 Å². The number of halogens is 1. The molecule has 2 heterocycles. The molecule has 1 aliphatic rings. The van der Waals surface area contributed by atoms with Crippen LogP contribution in [0.2, 0.25) is 5.02 Å². The summed E-state index contributed by atoms with van der Waals surface area (Å²) < 4.78 is 10.9. The van der Waals surface area contributed by atoms with E-state index in [9.17, 15) is 0 Å². The highest BCUT2D eigenvalue weighted by molar-refractivity contribution is 6.30. The van der Waals surface area contributed by atoms with E-state index in [2.05, 4.69) is 28.4 Å². The number of aryl methyl sites for hydroxylation is 2. The summed E-state index contributed by atoms with van der Waals surface area (Å²) in [6, 6.07) is 6.02. The van der Waals surface area contributed by atoms with Gasteiger partial charge in [-0.2, -0.15) is 4.98 Å². The molecule has 1 aliphatic heterocycles. The van der Waals surface area contributed by atoms with Crippen LogP contribution in [-0.4, -0.2) is 23.4 Å². The highest BCUT2D eigenvalue weighted by Crippen LogP contribution is 2.30. The van der Waals surface area contributed by atoms with Crippen LogP contribution < -0.4 is 5.32 Å². The first kappa shape index (κ1) is 16.4. The first-order valence-corrected chi connectivity index (χ1v) is 8.37. The Hall–Kier alpha value is -1.43. The lowest BCUT2D eigenvalue weighted by Crippen LogP contribution is -2.32. The molecular formula is C17H22ClN3O2. The van der Waals surface area contributed by atoms with Crippen molar-refractivity contribution in [3.8, 4) is 0 Å². The fourth-order valence-corrected chi connectivity index (χ4v) is 3.25. The minimum atomic E-state index is 0.0511. The largest absolute Gasteiger partial charge is 0.381 e. The van der Waals surface area contributed by atoms with Crippen molar-refractivity contribution in [2.45, 2.75) is 39.3 Å². The van der Waals surface area contributed by atoms with E-state index < -0.39 is 0 Å². The molecule has 0 amide bonds. The number of aromatic nitrogens is 2. The molecule has 0 radical (unpaired) electrons. The third-order valence-electron chi connectivity index (χ3n) is 4.36. The number of rotatable bonds is 5. The molecule has 0 saturated carbocycles. The molecule has 6 heteroatoms. The lowest BCUT2D eigenvalue weighted by molar-refractivity contribution is 0.0485. The molecule has 1 unspecified atom stereocenters. The van der Waals surface area contributed by atoms with Crippen LogP contribution in [0.15, 0.2) is 22.7 Å². The van der Waals surface area contributed by atoms with Crippen molar-refractivity contribution in [1.29, 1.82) is 0 Å². The molecule has 5 nitrogen and oxygen atoms in total. The third-order valence-corrected chi connectivity index (χ3v) is 4.60. The Morgan fingerprint density at radius 2 is 2.09 bits per heavy atom. The molecule has 1 aromatic carbocycles. The Balaban J connectivity index is 1.75. The summed E-state index contributed by atoms with van der Waals surface area (Å²) >= 11 is 6.03. The highest BCUT2D eigenvalue weighted by Gasteiger charge is 2.29. The molecule has 1 N–H and O–H groups in total. The number of nitrogens with zero attached hydrogens (tertiary/aromatic N) is 2. The molecular weight excluding hydrogens is 314 g/mol. The summed E-state index contributed by atoms with van der Waals surface area (Å²) in [5, 5.41) is 8.31. The predicted molar refractivity (Wildman–Crippen MR) is 88.3 cm³/mol. The number of benzene rings is 1. The van der Waals surface area contributed by atoms with Crippen LogP contribution in [0.1, 0.15) is 41.7 Å². The maximum absolute atomic E-state index is 6.03. The van der Waals surface area contributed by atoms with Crippen molar-refractivity contribution in [3.05, 3.63) is 46.1 Å². The monoisotopic (exact) mass is 335 g/mol. The number of ether oxygens (including phenoxy) is 1. The average molecular weight is 336 g/mol. The van der Waals surface area contributed by atoms with Gasteiger partial charge in [-0.1, -0.05) is 22.8 Å². The van der Waals surface area contributed by atoms with Crippen LogP contribution >= 0.6 is 11.6 Å². The van der Waals surface area contributed by atoms with E-state index in [1.54, 1.807) is 0 Å². The van der Waals surface area contributed by atoms with Crippen LogP contribution in [-0.2, 0) is 11.3 Å². The Labute approximate surface area is 141 Å². The third kappa shape index (κ3) is 4.10. The minimum absolute atomic E-state index is 0.0511. The summed E-state index contributed by atoms with van der Waals surface area (Å²) in [5.41, 5.74) is 2.40. The Kier molecular flexibility index (Phi) is 5.30. The predicted octanol–water partition coefficient (Wildman–Crippen LogP) is 3.60. The lowest BCUT2D eigenvalue weighted by atomic mass is 9.91. The van der Waals surface area contributed by atoms with E-state index >= 15 is 0 Å². The van der Waals surface area contributed by atoms with E-state index in [4.69, 9.17) is 20.9 Å². The van der Waals surface area contributed by atoms with E-state index in [1.165, 1.54) is 11.1 Å². The van der Waals surface area contributed by atoms with E-state index in [0.717, 1.165) is 37.6 Å². The van der Waals surface area contributed by atoms with Crippen LogP contribution in [0.5, 0.6) is 0 Å². The van der Waals surface area contributed by atoms with Crippen molar-refractivity contribution in [3.63, 3.8) is 0 Å². The fraction of sp³-hybridized carbons (Fsp3) is 0.529. The van der Waals surface area contributed by atoms with E-state index in [1.807, 2.05) is 19.1 Å². The standard InChI is InChI=1S/C17H22ClN3O2/c1-11-9-15(18)4-3-14(11)10-19-16(13-5-7-22-8-6-13)17-20-12(2)21-23-17/h3-4,9,13,16,19H,5-8,10H2,1-2H3. The van der Waals surface area contributed by atoms with Gasteiger partial charge < -0.3 is 14.6 Å². The summed E-state index contributed by atoms with van der Waals surface area (Å²) in [7, 11) is 0. The van der Waals surface area contributed by atoms with Gasteiger partial charge in [-0.25, -0.2) is 0 Å². The second kappa shape index (κ2) is 7.43. The van der Waals surface area contributed by atoms with Crippen molar-refractivity contribution in [1.82, 2.24) is 15.5 Å². The molecule has 0 aliphatic carbocycles. The van der Waals surface area contributed by atoms with Crippen molar-refractivity contribution >= 4 is 11.6 Å². The topological polar surface area (TPSA) is 60.2 Å². The Morgan fingerprint density at radius 1 is 1.30 bits per heavy atom. The molecule has 1 atom stereocenters. The maximum Gasteiger partial charge on any atom is 0.244 e. The molecule has 124 valence electrons. The number of hydrogen-bond acceptors (Lipinski definition) is 5. The normalized spacial score (nSPS) is 17.3. The molecule has 23 heavy (non-hydrogen) atoms. The van der Waals surface area contributed by atoms with Gasteiger partial charge >= 0.3 is 0 Å². The van der Waals surface area contributed by atoms with Crippen LogP contribution in [0.4, 0.5) is 0 Å². The van der Waals surface area contributed by atoms with Crippen molar-refractivity contribution in [2.75, 3.05) is 13.2 Å². The van der Waals surface area contributed by atoms with Crippen LogP contribution in [0, 0.1) is 19.8 Å². The van der Waals surface area contributed by atoms with Gasteiger partial charge in [0.25, 0.3) is 0 Å². The van der Waals surface area contributed by atoms with Crippen molar-refractivity contribution in [2.24, 2.45) is 5.92 Å². The lowest BCUT2D eigenvalue weighted by Gasteiger charge is -2.29. The van der Waals surface area contributed by atoms with Gasteiger partial charge in [0.05, 0.1) is 6.04 Å². The summed E-state index contributed by atoms with van der Waals surface area (Å²) in [6.07, 6.45) is 2.00. The molecule has 2 aromatic rings. The molecule has 3 rings (SSSR count). The number of hydrogen-bond donors (Lipinski definition) is 1. The molecule has 1 fully saturated rings. The second-order valence-corrected chi connectivity index (χ2v) is 6.50. The minimum Gasteiger partial charge on any atom is -0.381 e. The van der Waals surface area contributed by atoms with E-state index in [0.29, 0.717) is 17.6 Å². The molecule has 1 aromatic heterocycles. The van der Waals surface area contributed by atoms with Gasteiger partial charge in [0.2, 0.25) is 5.89 Å². The smallest absolute Gasteiger partial charge is 0.244 e. The first-order chi connectivity index (χ1) is 11.1.